The van der Waals surface area contributed by atoms with Crippen LogP contribution < -0.4 is 4.90 Å². The zero-order chi connectivity index (χ0) is 13.3. The molecule has 0 aromatic heterocycles. The third kappa shape index (κ3) is 2.43. The zero-order valence-corrected chi connectivity index (χ0v) is 12.1. The van der Waals surface area contributed by atoms with Gasteiger partial charge in [-0.1, -0.05) is 15.9 Å². The van der Waals surface area contributed by atoms with Gasteiger partial charge in [0, 0.05) is 22.7 Å². The Morgan fingerprint density at radius 3 is 2.56 bits per heavy atom. The van der Waals surface area contributed by atoms with Gasteiger partial charge >= 0.3 is 0 Å². The highest BCUT2D eigenvalue weighted by Gasteiger charge is 2.36. The fraction of sp³-hybridized carbons (Fsp3) is 0.462. The number of hydrogen-bond acceptors (Lipinski definition) is 3. The number of amides is 1. The third-order valence-corrected chi connectivity index (χ3v) is 3.85. The summed E-state index contributed by atoms with van der Waals surface area (Å²) >= 11 is 3.38. The standard InChI is InChI=1S/C13H17BrN2O2/c1-9-7-15(2)12(8-17)13(18)16(9)11-5-3-10(14)4-6-11/h3-6,9,12,17H,7-8H2,1-2H3. The molecular formula is C13H17BrN2O2. The molecule has 4 nitrogen and oxygen atoms in total. The van der Waals surface area contributed by atoms with Crippen molar-refractivity contribution in [2.24, 2.45) is 0 Å². The van der Waals surface area contributed by atoms with Gasteiger partial charge in [-0.3, -0.25) is 9.69 Å². The van der Waals surface area contributed by atoms with Crippen LogP contribution >= 0.6 is 15.9 Å². The van der Waals surface area contributed by atoms with E-state index in [0.29, 0.717) is 0 Å². The van der Waals surface area contributed by atoms with E-state index in [1.54, 1.807) is 4.90 Å². The summed E-state index contributed by atoms with van der Waals surface area (Å²) in [4.78, 5) is 16.1. The third-order valence-electron chi connectivity index (χ3n) is 3.33. The summed E-state index contributed by atoms with van der Waals surface area (Å²) < 4.78 is 0.985. The number of halogens is 1. The van der Waals surface area contributed by atoms with Crippen LogP contribution in [0.15, 0.2) is 28.7 Å². The van der Waals surface area contributed by atoms with Gasteiger partial charge < -0.3 is 10.0 Å². The second-order valence-corrected chi connectivity index (χ2v) is 5.59. The fourth-order valence-electron chi connectivity index (χ4n) is 2.39. The van der Waals surface area contributed by atoms with Crippen molar-refractivity contribution in [2.75, 3.05) is 25.1 Å². The zero-order valence-electron chi connectivity index (χ0n) is 10.5. The number of carbonyl (C=O) groups is 1. The van der Waals surface area contributed by atoms with Crippen molar-refractivity contribution in [3.05, 3.63) is 28.7 Å². The molecule has 1 aromatic carbocycles. The van der Waals surface area contributed by atoms with Crippen LogP contribution in [0.2, 0.25) is 0 Å². The van der Waals surface area contributed by atoms with E-state index in [-0.39, 0.29) is 18.6 Å². The molecular weight excluding hydrogens is 296 g/mol. The van der Waals surface area contributed by atoms with Gasteiger partial charge in [-0.2, -0.15) is 0 Å². The van der Waals surface area contributed by atoms with Crippen LogP contribution in [-0.2, 0) is 4.79 Å². The van der Waals surface area contributed by atoms with Crippen LogP contribution in [0.1, 0.15) is 6.92 Å². The summed E-state index contributed by atoms with van der Waals surface area (Å²) in [5.74, 6) is -0.0407. The Kier molecular flexibility index (Phi) is 4.04. The van der Waals surface area contributed by atoms with Crippen LogP contribution in [-0.4, -0.2) is 48.2 Å². The van der Waals surface area contributed by atoms with E-state index < -0.39 is 6.04 Å². The number of nitrogens with zero attached hydrogens (tertiary/aromatic N) is 2. The van der Waals surface area contributed by atoms with E-state index in [0.717, 1.165) is 16.7 Å². The van der Waals surface area contributed by atoms with Crippen LogP contribution in [0.4, 0.5) is 5.69 Å². The van der Waals surface area contributed by atoms with E-state index in [1.807, 2.05) is 43.1 Å². The van der Waals surface area contributed by atoms with E-state index in [1.165, 1.54) is 0 Å². The lowest BCUT2D eigenvalue weighted by Crippen LogP contribution is -2.61. The molecule has 18 heavy (non-hydrogen) atoms. The van der Waals surface area contributed by atoms with Crippen molar-refractivity contribution in [1.29, 1.82) is 0 Å². The summed E-state index contributed by atoms with van der Waals surface area (Å²) in [6.45, 7) is 2.63. The van der Waals surface area contributed by atoms with Gasteiger partial charge in [0.2, 0.25) is 5.91 Å². The second-order valence-electron chi connectivity index (χ2n) is 4.67. The van der Waals surface area contributed by atoms with Crippen molar-refractivity contribution in [2.45, 2.75) is 19.0 Å². The lowest BCUT2D eigenvalue weighted by atomic mass is 10.1. The molecule has 0 radical (unpaired) electrons. The van der Waals surface area contributed by atoms with Gasteiger partial charge in [0.05, 0.1) is 6.61 Å². The van der Waals surface area contributed by atoms with E-state index in [4.69, 9.17) is 0 Å². The molecule has 2 unspecified atom stereocenters. The molecule has 1 amide bonds. The number of rotatable bonds is 2. The quantitative estimate of drug-likeness (QED) is 0.899. The summed E-state index contributed by atoms with van der Waals surface area (Å²) in [5, 5.41) is 9.33. The number of hydrogen-bond donors (Lipinski definition) is 1. The Morgan fingerprint density at radius 1 is 1.39 bits per heavy atom. The first-order valence-corrected chi connectivity index (χ1v) is 6.73. The Morgan fingerprint density at radius 2 is 2.00 bits per heavy atom. The summed E-state index contributed by atoms with van der Waals surface area (Å²) in [6, 6.07) is 7.33. The number of aliphatic hydroxyl groups is 1. The van der Waals surface area contributed by atoms with Crippen molar-refractivity contribution >= 4 is 27.5 Å². The van der Waals surface area contributed by atoms with E-state index in [9.17, 15) is 9.90 Å². The predicted molar refractivity (Wildman–Crippen MR) is 74.6 cm³/mol. The number of likely N-dealkylation sites (N-methyl/N-ethyl adjacent to an activating group) is 1. The van der Waals surface area contributed by atoms with Crippen molar-refractivity contribution < 1.29 is 9.90 Å². The molecule has 0 bridgehead atoms. The molecule has 1 aromatic rings. The maximum Gasteiger partial charge on any atom is 0.247 e. The molecule has 98 valence electrons. The van der Waals surface area contributed by atoms with Gasteiger partial charge in [-0.25, -0.2) is 0 Å². The molecule has 1 heterocycles. The molecule has 2 atom stereocenters. The number of anilines is 1. The minimum atomic E-state index is -0.440. The molecule has 1 saturated heterocycles. The molecule has 1 fully saturated rings. The molecule has 0 spiro atoms. The summed E-state index contributed by atoms with van der Waals surface area (Å²) in [6.07, 6.45) is 0. The molecule has 1 aliphatic rings. The number of aliphatic hydroxyl groups excluding tert-OH is 1. The van der Waals surface area contributed by atoms with E-state index in [2.05, 4.69) is 15.9 Å². The molecule has 5 heteroatoms. The average Bonchev–Trinajstić information content (AvgIpc) is 2.31. The monoisotopic (exact) mass is 312 g/mol. The van der Waals surface area contributed by atoms with Gasteiger partial charge in [-0.05, 0) is 38.2 Å². The number of piperazine rings is 1. The second kappa shape index (κ2) is 5.38. The summed E-state index contributed by atoms with van der Waals surface area (Å²) in [7, 11) is 1.87. The van der Waals surface area contributed by atoms with E-state index >= 15 is 0 Å². The van der Waals surface area contributed by atoms with Gasteiger partial charge in [0.1, 0.15) is 6.04 Å². The van der Waals surface area contributed by atoms with Crippen LogP contribution in [0.25, 0.3) is 0 Å². The largest absolute Gasteiger partial charge is 0.394 e. The van der Waals surface area contributed by atoms with Crippen LogP contribution in [0.3, 0.4) is 0 Å². The maximum absolute atomic E-state index is 12.4. The summed E-state index contributed by atoms with van der Waals surface area (Å²) in [5.41, 5.74) is 0.877. The molecule has 1 N–H and O–H groups in total. The molecule has 0 aliphatic carbocycles. The van der Waals surface area contributed by atoms with Crippen LogP contribution in [0, 0.1) is 0 Å². The minimum absolute atomic E-state index is 0.0407. The number of carbonyl (C=O) groups excluding carboxylic acids is 1. The first-order chi connectivity index (χ1) is 8.54. The Balaban J connectivity index is 2.30. The smallest absolute Gasteiger partial charge is 0.247 e. The molecule has 2 rings (SSSR count). The SMILES string of the molecule is CC1CN(C)C(CO)C(=O)N1c1ccc(Br)cc1. The molecule has 1 aliphatic heterocycles. The van der Waals surface area contributed by atoms with Gasteiger partial charge in [-0.15, -0.1) is 0 Å². The predicted octanol–water partition coefficient (Wildman–Crippen LogP) is 1.48. The highest BCUT2D eigenvalue weighted by molar-refractivity contribution is 9.10. The topological polar surface area (TPSA) is 43.8 Å². The van der Waals surface area contributed by atoms with Crippen molar-refractivity contribution in [1.82, 2.24) is 4.90 Å². The average molecular weight is 313 g/mol. The maximum atomic E-state index is 12.4. The van der Waals surface area contributed by atoms with Gasteiger partial charge in [0.25, 0.3) is 0 Å². The van der Waals surface area contributed by atoms with Crippen LogP contribution in [0.5, 0.6) is 0 Å². The first-order valence-electron chi connectivity index (χ1n) is 5.94. The van der Waals surface area contributed by atoms with Gasteiger partial charge in [0.15, 0.2) is 0 Å². The first kappa shape index (κ1) is 13.5. The normalized spacial score (nSPS) is 25.6. The minimum Gasteiger partial charge on any atom is -0.394 e. The lowest BCUT2D eigenvalue weighted by molar-refractivity contribution is -0.127. The highest BCUT2D eigenvalue weighted by Crippen LogP contribution is 2.25. The Labute approximate surface area is 115 Å². The Hall–Kier alpha value is -0.910. The Bertz CT molecular complexity index is 435. The number of benzene rings is 1. The highest BCUT2D eigenvalue weighted by atomic mass is 79.9. The fourth-order valence-corrected chi connectivity index (χ4v) is 2.66. The lowest BCUT2D eigenvalue weighted by Gasteiger charge is -2.42. The van der Waals surface area contributed by atoms with Crippen molar-refractivity contribution in [3.63, 3.8) is 0 Å². The molecule has 0 saturated carbocycles. The van der Waals surface area contributed by atoms with Crippen molar-refractivity contribution in [3.8, 4) is 0 Å².